The van der Waals surface area contributed by atoms with Gasteiger partial charge in [-0.15, -0.1) is 0 Å². The van der Waals surface area contributed by atoms with Gasteiger partial charge in [-0.1, -0.05) is 13.8 Å². The van der Waals surface area contributed by atoms with E-state index in [0.29, 0.717) is 11.8 Å². The molecule has 0 saturated heterocycles. The Bertz CT molecular complexity index is 169. The number of carbonyl (C=O) groups excluding carboxylic acids is 1. The minimum absolute atomic E-state index is 0.148. The Morgan fingerprint density at radius 1 is 1.43 bits per heavy atom. The molecule has 3 heteroatoms. The van der Waals surface area contributed by atoms with E-state index in [9.17, 15) is 4.79 Å². The smallest absolute Gasteiger partial charge is 0.219 e. The van der Waals surface area contributed by atoms with Crippen LogP contribution in [0.15, 0.2) is 0 Å². The van der Waals surface area contributed by atoms with Crippen LogP contribution in [-0.4, -0.2) is 38.0 Å². The van der Waals surface area contributed by atoms with Crippen LogP contribution in [0.5, 0.6) is 0 Å². The van der Waals surface area contributed by atoms with Gasteiger partial charge in [0.25, 0.3) is 0 Å². The zero-order chi connectivity index (χ0) is 11.1. The number of amides is 1. The Balaban J connectivity index is 4.01. The molecule has 0 aliphatic rings. The lowest BCUT2D eigenvalue weighted by atomic mass is 9.96. The second kappa shape index (κ2) is 6.82. The summed E-state index contributed by atoms with van der Waals surface area (Å²) in [5, 5.41) is 3.18. The van der Waals surface area contributed by atoms with Gasteiger partial charge in [-0.3, -0.25) is 4.79 Å². The van der Waals surface area contributed by atoms with Crippen molar-refractivity contribution in [2.24, 2.45) is 11.8 Å². The van der Waals surface area contributed by atoms with Crippen LogP contribution in [-0.2, 0) is 4.79 Å². The lowest BCUT2D eigenvalue weighted by molar-refractivity contribution is -0.128. The molecule has 0 aromatic rings. The highest BCUT2D eigenvalue weighted by atomic mass is 16.2. The minimum atomic E-state index is 0.148. The Morgan fingerprint density at radius 2 is 2.00 bits per heavy atom. The first-order valence-electron chi connectivity index (χ1n) is 5.33. The fourth-order valence-electron chi connectivity index (χ4n) is 1.69. The molecule has 84 valence electrons. The molecule has 0 bridgehead atoms. The number of hydrogen-bond acceptors (Lipinski definition) is 2. The van der Waals surface area contributed by atoms with Crippen LogP contribution in [0.25, 0.3) is 0 Å². The monoisotopic (exact) mass is 200 g/mol. The molecule has 0 aliphatic carbocycles. The third-order valence-corrected chi connectivity index (χ3v) is 2.37. The van der Waals surface area contributed by atoms with E-state index >= 15 is 0 Å². The van der Waals surface area contributed by atoms with Crippen molar-refractivity contribution in [3.05, 3.63) is 0 Å². The van der Waals surface area contributed by atoms with Crippen molar-refractivity contribution in [2.45, 2.75) is 27.2 Å². The number of carbonyl (C=O) groups is 1. The van der Waals surface area contributed by atoms with E-state index in [1.54, 1.807) is 11.8 Å². The van der Waals surface area contributed by atoms with Crippen molar-refractivity contribution in [3.8, 4) is 0 Å². The van der Waals surface area contributed by atoms with Gasteiger partial charge in [0, 0.05) is 20.5 Å². The van der Waals surface area contributed by atoms with Gasteiger partial charge in [0.1, 0.15) is 0 Å². The zero-order valence-corrected chi connectivity index (χ0v) is 10.1. The van der Waals surface area contributed by atoms with Crippen molar-refractivity contribution in [2.75, 3.05) is 27.2 Å². The fourth-order valence-corrected chi connectivity index (χ4v) is 1.69. The summed E-state index contributed by atoms with van der Waals surface area (Å²) in [5.74, 6) is 1.40. The number of hydrogen-bond donors (Lipinski definition) is 1. The normalized spacial score (nSPS) is 13.0. The lowest BCUT2D eigenvalue weighted by Gasteiger charge is -2.24. The van der Waals surface area contributed by atoms with E-state index in [-0.39, 0.29) is 5.91 Å². The molecule has 1 unspecified atom stereocenters. The highest BCUT2D eigenvalue weighted by molar-refractivity contribution is 5.72. The number of rotatable bonds is 6. The average molecular weight is 200 g/mol. The van der Waals surface area contributed by atoms with Crippen molar-refractivity contribution in [3.63, 3.8) is 0 Å². The second-order valence-electron chi connectivity index (χ2n) is 4.45. The summed E-state index contributed by atoms with van der Waals surface area (Å²) in [6, 6.07) is 0. The summed E-state index contributed by atoms with van der Waals surface area (Å²) < 4.78 is 0. The summed E-state index contributed by atoms with van der Waals surface area (Å²) >= 11 is 0. The molecule has 0 fully saturated rings. The summed E-state index contributed by atoms with van der Waals surface area (Å²) in [4.78, 5) is 12.9. The third-order valence-electron chi connectivity index (χ3n) is 2.37. The molecule has 1 amide bonds. The average Bonchev–Trinajstić information content (AvgIpc) is 2.02. The largest absolute Gasteiger partial charge is 0.346 e. The molecule has 0 rings (SSSR count). The van der Waals surface area contributed by atoms with Crippen molar-refractivity contribution in [1.29, 1.82) is 0 Å². The first-order chi connectivity index (χ1) is 6.47. The van der Waals surface area contributed by atoms with E-state index in [1.165, 1.54) is 6.42 Å². The molecular weight excluding hydrogens is 176 g/mol. The lowest BCUT2D eigenvalue weighted by Crippen LogP contribution is -2.34. The van der Waals surface area contributed by atoms with Crippen LogP contribution in [0.1, 0.15) is 27.2 Å². The van der Waals surface area contributed by atoms with Gasteiger partial charge < -0.3 is 10.2 Å². The molecule has 3 nitrogen and oxygen atoms in total. The molecule has 1 atom stereocenters. The highest BCUT2D eigenvalue weighted by Crippen LogP contribution is 2.12. The molecule has 0 aromatic carbocycles. The van der Waals surface area contributed by atoms with E-state index in [4.69, 9.17) is 0 Å². The maximum atomic E-state index is 11.1. The Morgan fingerprint density at radius 3 is 2.36 bits per heavy atom. The van der Waals surface area contributed by atoms with Crippen LogP contribution >= 0.6 is 0 Å². The number of nitrogens with zero attached hydrogens (tertiary/aromatic N) is 1. The van der Waals surface area contributed by atoms with Gasteiger partial charge >= 0.3 is 0 Å². The Kier molecular flexibility index (Phi) is 6.54. The highest BCUT2D eigenvalue weighted by Gasteiger charge is 2.13. The minimum Gasteiger partial charge on any atom is -0.346 e. The van der Waals surface area contributed by atoms with Gasteiger partial charge in [0.15, 0.2) is 0 Å². The summed E-state index contributed by atoms with van der Waals surface area (Å²) in [6.07, 6.45) is 1.17. The van der Waals surface area contributed by atoms with Gasteiger partial charge in [0.05, 0.1) is 0 Å². The van der Waals surface area contributed by atoms with Crippen LogP contribution in [0.3, 0.4) is 0 Å². The van der Waals surface area contributed by atoms with Crippen LogP contribution in [0.4, 0.5) is 0 Å². The van der Waals surface area contributed by atoms with E-state index in [1.807, 2.05) is 14.1 Å². The van der Waals surface area contributed by atoms with Gasteiger partial charge in [-0.2, -0.15) is 0 Å². The fraction of sp³-hybridized carbons (Fsp3) is 0.909. The second-order valence-corrected chi connectivity index (χ2v) is 4.45. The molecule has 0 aromatic heterocycles. The number of nitrogens with one attached hydrogen (secondary N) is 1. The van der Waals surface area contributed by atoms with Crippen LogP contribution in [0.2, 0.25) is 0 Å². The summed E-state index contributed by atoms with van der Waals surface area (Å²) in [6.45, 7) is 7.89. The maximum absolute atomic E-state index is 11.1. The van der Waals surface area contributed by atoms with E-state index in [0.717, 1.165) is 13.1 Å². The van der Waals surface area contributed by atoms with Gasteiger partial charge in [0.2, 0.25) is 5.91 Å². The molecule has 0 aliphatic heterocycles. The third kappa shape index (κ3) is 5.97. The topological polar surface area (TPSA) is 32.3 Å². The SMILES string of the molecule is CNCC(CC(C)C)CN(C)C(C)=O. The Hall–Kier alpha value is -0.570. The Labute approximate surface area is 87.9 Å². The molecule has 1 N–H and O–H groups in total. The summed E-state index contributed by atoms with van der Waals surface area (Å²) in [7, 11) is 3.83. The quantitative estimate of drug-likeness (QED) is 0.702. The van der Waals surface area contributed by atoms with Gasteiger partial charge in [-0.25, -0.2) is 0 Å². The van der Waals surface area contributed by atoms with Crippen LogP contribution in [0, 0.1) is 11.8 Å². The standard InChI is InChI=1S/C11H24N2O/c1-9(2)6-11(7-12-4)8-13(5)10(3)14/h9,11-12H,6-8H2,1-5H3. The maximum Gasteiger partial charge on any atom is 0.219 e. The van der Waals surface area contributed by atoms with Crippen molar-refractivity contribution in [1.82, 2.24) is 10.2 Å². The molecule has 0 spiro atoms. The van der Waals surface area contributed by atoms with Gasteiger partial charge in [-0.05, 0) is 31.8 Å². The molecule has 0 heterocycles. The molecule has 0 saturated carbocycles. The summed E-state index contributed by atoms with van der Waals surface area (Å²) in [5.41, 5.74) is 0. The molecule has 14 heavy (non-hydrogen) atoms. The first-order valence-corrected chi connectivity index (χ1v) is 5.33. The van der Waals surface area contributed by atoms with Crippen molar-refractivity contribution < 1.29 is 4.79 Å². The predicted molar refractivity (Wildman–Crippen MR) is 60.2 cm³/mol. The van der Waals surface area contributed by atoms with E-state index < -0.39 is 0 Å². The zero-order valence-electron chi connectivity index (χ0n) is 10.1. The first kappa shape index (κ1) is 13.4. The van der Waals surface area contributed by atoms with Crippen LogP contribution < -0.4 is 5.32 Å². The molecular formula is C11H24N2O. The van der Waals surface area contributed by atoms with Crippen molar-refractivity contribution >= 4 is 5.91 Å². The van der Waals surface area contributed by atoms with E-state index in [2.05, 4.69) is 19.2 Å². The molecule has 0 radical (unpaired) electrons. The predicted octanol–water partition coefficient (Wildman–Crippen LogP) is 1.35.